The summed E-state index contributed by atoms with van der Waals surface area (Å²) in [5.41, 5.74) is 0.865. The number of unbranched alkanes of at least 4 members (excludes halogenated alkanes) is 1. The number of imidazole rings is 1. The van der Waals surface area contributed by atoms with Gasteiger partial charge in [-0.3, -0.25) is 0 Å². The van der Waals surface area contributed by atoms with Crippen molar-refractivity contribution in [2.75, 3.05) is 6.61 Å². The first-order valence-electron chi connectivity index (χ1n) is 9.89. The van der Waals surface area contributed by atoms with Gasteiger partial charge >= 0.3 is 0 Å². The zero-order chi connectivity index (χ0) is 22.4. The van der Waals surface area contributed by atoms with E-state index in [-0.39, 0.29) is 16.9 Å². The minimum Gasteiger partial charge on any atom is -0.461 e. The van der Waals surface area contributed by atoms with Crippen molar-refractivity contribution in [2.24, 2.45) is 0 Å². The average molecular weight is 428 g/mol. The lowest BCUT2D eigenvalue weighted by Gasteiger charge is -2.39. The molecule has 0 bridgehead atoms. The van der Waals surface area contributed by atoms with Crippen LogP contribution in [0.2, 0.25) is 0 Å². The van der Waals surface area contributed by atoms with Gasteiger partial charge in [-0.2, -0.15) is 10.5 Å². The quantitative estimate of drug-likeness (QED) is 0.418. The molecule has 0 aliphatic carbocycles. The molecule has 31 heavy (non-hydrogen) atoms. The van der Waals surface area contributed by atoms with Crippen LogP contribution in [0, 0.1) is 22.7 Å². The van der Waals surface area contributed by atoms with Crippen LogP contribution in [0.5, 0.6) is 5.75 Å². The average Bonchev–Trinajstić information content (AvgIpc) is 3.30. The molecular weight excluding hydrogens is 404 g/mol. The zero-order valence-corrected chi connectivity index (χ0v) is 16.7. The number of nitriles is 2. The molecule has 1 aromatic heterocycles. The molecule has 0 unspecified atom stereocenters. The van der Waals surface area contributed by atoms with E-state index in [0.29, 0.717) is 12.0 Å². The van der Waals surface area contributed by atoms with Crippen LogP contribution in [-0.2, 0) is 17.7 Å². The highest BCUT2D eigenvalue weighted by Crippen LogP contribution is 2.30. The van der Waals surface area contributed by atoms with Crippen LogP contribution in [-0.4, -0.2) is 67.3 Å². The Morgan fingerprint density at radius 3 is 2.48 bits per heavy atom. The van der Waals surface area contributed by atoms with Crippen molar-refractivity contribution in [3.8, 4) is 17.9 Å². The van der Waals surface area contributed by atoms with Crippen LogP contribution in [0.1, 0.15) is 29.5 Å². The van der Waals surface area contributed by atoms with Crippen LogP contribution in [0.25, 0.3) is 0 Å². The molecule has 0 amide bonds. The fourth-order valence-electron chi connectivity index (χ4n) is 3.49. The molecule has 0 radical (unpaired) electrons. The third-order valence-corrected chi connectivity index (χ3v) is 5.24. The van der Waals surface area contributed by atoms with E-state index in [1.54, 1.807) is 18.6 Å². The number of ether oxygens (including phenoxy) is 2. The first-order valence-corrected chi connectivity index (χ1v) is 9.89. The van der Waals surface area contributed by atoms with E-state index >= 15 is 0 Å². The standard InChI is InChI=1S/C21H24N4O6/c22-9-14-13(3-1-2-7-25-8-6-24-12-25)4-5-16(15(14)10-23)30-21-20(29)19(28)18(27)17(11-26)31-21/h4-6,8,12,17-21,26-29H,1-3,7,11H2/t17-,18+,19+,20-,21-/m1/s1. The van der Waals surface area contributed by atoms with Crippen molar-refractivity contribution in [1.29, 1.82) is 10.5 Å². The molecule has 0 saturated carbocycles. The lowest BCUT2D eigenvalue weighted by Crippen LogP contribution is -2.60. The van der Waals surface area contributed by atoms with Crippen LogP contribution in [0.3, 0.4) is 0 Å². The van der Waals surface area contributed by atoms with Crippen molar-refractivity contribution < 1.29 is 29.9 Å². The molecule has 0 spiro atoms. The number of aromatic nitrogens is 2. The van der Waals surface area contributed by atoms with Gasteiger partial charge in [0, 0.05) is 18.9 Å². The Morgan fingerprint density at radius 1 is 1.06 bits per heavy atom. The molecular formula is C21H24N4O6. The maximum absolute atomic E-state index is 10.2. The number of benzene rings is 1. The second kappa shape index (κ2) is 10.4. The molecule has 2 aromatic rings. The predicted molar refractivity (Wildman–Crippen MR) is 105 cm³/mol. The molecule has 2 heterocycles. The van der Waals surface area contributed by atoms with Gasteiger partial charge in [-0.25, -0.2) is 4.98 Å². The molecule has 5 atom stereocenters. The number of rotatable bonds is 8. The van der Waals surface area contributed by atoms with Crippen molar-refractivity contribution in [1.82, 2.24) is 9.55 Å². The Hall–Kier alpha value is -2.99. The summed E-state index contributed by atoms with van der Waals surface area (Å²) in [6.45, 7) is 0.197. The summed E-state index contributed by atoms with van der Waals surface area (Å²) in [5.74, 6) is 0.00513. The predicted octanol–water partition coefficient (Wildman–Crippen LogP) is -0.172. The monoisotopic (exact) mass is 428 g/mol. The fourth-order valence-corrected chi connectivity index (χ4v) is 3.49. The Labute approximate surface area is 179 Å². The lowest BCUT2D eigenvalue weighted by atomic mass is 9.97. The van der Waals surface area contributed by atoms with Gasteiger partial charge in [0.15, 0.2) is 0 Å². The van der Waals surface area contributed by atoms with Gasteiger partial charge in [0.2, 0.25) is 6.29 Å². The SMILES string of the molecule is N#Cc1c(CCCCn2ccnc2)ccc(O[C@@H]2O[C@H](CO)[C@H](O)[C@H](O)[C@H]2O)c1C#N. The zero-order valence-electron chi connectivity index (χ0n) is 16.7. The smallest absolute Gasteiger partial charge is 0.229 e. The summed E-state index contributed by atoms with van der Waals surface area (Å²) in [6, 6.07) is 7.19. The van der Waals surface area contributed by atoms with Crippen LogP contribution < -0.4 is 4.74 Å². The Kier molecular flexibility index (Phi) is 7.58. The molecule has 1 aromatic carbocycles. The lowest BCUT2D eigenvalue weighted by molar-refractivity contribution is -0.277. The summed E-state index contributed by atoms with van der Waals surface area (Å²) in [4.78, 5) is 3.99. The van der Waals surface area contributed by atoms with Gasteiger partial charge in [0.05, 0.1) is 18.5 Å². The minimum atomic E-state index is -1.61. The second-order valence-corrected chi connectivity index (χ2v) is 7.27. The molecule has 1 aliphatic heterocycles. The van der Waals surface area contributed by atoms with Crippen LogP contribution >= 0.6 is 0 Å². The van der Waals surface area contributed by atoms with Gasteiger partial charge < -0.3 is 34.5 Å². The molecule has 4 N–H and O–H groups in total. The Morgan fingerprint density at radius 2 is 1.84 bits per heavy atom. The summed E-state index contributed by atoms with van der Waals surface area (Å²) in [6.07, 6.45) is 0.262. The topological polar surface area (TPSA) is 165 Å². The first-order chi connectivity index (χ1) is 15.0. The normalized spacial score (nSPS) is 25.5. The van der Waals surface area contributed by atoms with Gasteiger partial charge in [0.1, 0.15) is 47.9 Å². The Bertz CT molecular complexity index is 950. The highest BCUT2D eigenvalue weighted by Gasteiger charge is 2.45. The van der Waals surface area contributed by atoms with E-state index in [2.05, 4.69) is 4.98 Å². The van der Waals surface area contributed by atoms with E-state index < -0.39 is 37.3 Å². The second-order valence-electron chi connectivity index (χ2n) is 7.27. The summed E-state index contributed by atoms with van der Waals surface area (Å²) < 4.78 is 12.9. The molecule has 1 aliphatic rings. The van der Waals surface area contributed by atoms with Gasteiger partial charge in [-0.05, 0) is 30.9 Å². The molecule has 1 saturated heterocycles. The molecule has 10 heteroatoms. The number of aliphatic hydroxyl groups is 4. The van der Waals surface area contributed by atoms with Crippen LogP contribution in [0.4, 0.5) is 0 Å². The highest BCUT2D eigenvalue weighted by molar-refractivity contribution is 5.57. The van der Waals surface area contributed by atoms with E-state index in [0.717, 1.165) is 19.4 Å². The summed E-state index contributed by atoms with van der Waals surface area (Å²) >= 11 is 0. The minimum absolute atomic E-state index is 0.00513. The molecule has 3 rings (SSSR count). The Balaban J connectivity index is 1.73. The largest absolute Gasteiger partial charge is 0.461 e. The summed E-state index contributed by atoms with van der Waals surface area (Å²) in [7, 11) is 0. The highest BCUT2D eigenvalue weighted by atomic mass is 16.7. The van der Waals surface area contributed by atoms with Gasteiger partial charge in [-0.15, -0.1) is 0 Å². The summed E-state index contributed by atoms with van der Waals surface area (Å²) in [5, 5.41) is 58.5. The first kappa shape index (κ1) is 22.7. The van der Waals surface area contributed by atoms with E-state index in [1.807, 2.05) is 22.9 Å². The van der Waals surface area contributed by atoms with E-state index in [1.165, 1.54) is 6.07 Å². The maximum atomic E-state index is 10.2. The number of nitrogens with zero attached hydrogens (tertiary/aromatic N) is 4. The molecule has 10 nitrogen and oxygen atoms in total. The van der Waals surface area contributed by atoms with Crippen LogP contribution in [0.15, 0.2) is 30.9 Å². The third kappa shape index (κ3) is 5.02. The van der Waals surface area contributed by atoms with Crippen molar-refractivity contribution in [2.45, 2.75) is 56.5 Å². The number of aryl methyl sites for hydroxylation is 2. The number of aliphatic hydroxyl groups excluding tert-OH is 4. The number of hydrogen-bond donors (Lipinski definition) is 4. The third-order valence-electron chi connectivity index (χ3n) is 5.24. The van der Waals surface area contributed by atoms with Gasteiger partial charge in [-0.1, -0.05) is 6.07 Å². The van der Waals surface area contributed by atoms with Gasteiger partial charge in [0.25, 0.3) is 0 Å². The fraction of sp³-hybridized carbons (Fsp3) is 0.476. The number of hydrogen-bond acceptors (Lipinski definition) is 9. The molecule has 164 valence electrons. The van der Waals surface area contributed by atoms with Crippen molar-refractivity contribution in [3.05, 3.63) is 47.5 Å². The molecule has 1 fully saturated rings. The van der Waals surface area contributed by atoms with E-state index in [9.17, 15) is 30.9 Å². The maximum Gasteiger partial charge on any atom is 0.229 e. The van der Waals surface area contributed by atoms with Crippen molar-refractivity contribution >= 4 is 0 Å². The van der Waals surface area contributed by atoms with Crippen molar-refractivity contribution in [3.63, 3.8) is 0 Å². The van der Waals surface area contributed by atoms with E-state index in [4.69, 9.17) is 9.47 Å².